The fraction of sp³-hybridized carbons (Fsp3) is 0.438. The molecule has 1 unspecified atom stereocenters. The summed E-state index contributed by atoms with van der Waals surface area (Å²) >= 11 is 0. The minimum atomic E-state index is 0.209. The van der Waals surface area contributed by atoms with Gasteiger partial charge in [-0.05, 0) is 38.5 Å². The number of nitrogens with one attached hydrogen (secondary N) is 1. The SMILES string of the molecule is CC(C)Oc1ccc(C(C)NCc2cncn2C)cc1. The first kappa shape index (κ1) is 14.6. The fourth-order valence-corrected chi connectivity index (χ4v) is 2.04. The Hall–Kier alpha value is -1.81. The van der Waals surface area contributed by atoms with Gasteiger partial charge in [0.25, 0.3) is 0 Å². The average Bonchev–Trinajstić information content (AvgIpc) is 2.82. The van der Waals surface area contributed by atoms with Crippen LogP contribution >= 0.6 is 0 Å². The predicted molar refractivity (Wildman–Crippen MR) is 80.7 cm³/mol. The average molecular weight is 273 g/mol. The Morgan fingerprint density at radius 3 is 2.45 bits per heavy atom. The van der Waals surface area contributed by atoms with Gasteiger partial charge in [0, 0.05) is 25.8 Å². The summed E-state index contributed by atoms with van der Waals surface area (Å²) in [4.78, 5) is 4.12. The number of ether oxygens (including phenoxy) is 1. The molecule has 4 heteroatoms. The van der Waals surface area contributed by atoms with Gasteiger partial charge in [0.1, 0.15) is 5.75 Å². The molecule has 1 aromatic heterocycles. The van der Waals surface area contributed by atoms with Gasteiger partial charge in [0.2, 0.25) is 0 Å². The molecule has 0 amide bonds. The Kier molecular flexibility index (Phi) is 4.79. The summed E-state index contributed by atoms with van der Waals surface area (Å²) in [6.45, 7) is 7.04. The second kappa shape index (κ2) is 6.57. The third-order valence-corrected chi connectivity index (χ3v) is 3.26. The van der Waals surface area contributed by atoms with E-state index < -0.39 is 0 Å². The molecule has 0 aliphatic rings. The summed E-state index contributed by atoms with van der Waals surface area (Å²) in [6, 6.07) is 8.56. The number of aryl methyl sites for hydroxylation is 1. The Labute approximate surface area is 120 Å². The van der Waals surface area contributed by atoms with Gasteiger partial charge in [0.15, 0.2) is 0 Å². The first-order valence-electron chi connectivity index (χ1n) is 7.01. The topological polar surface area (TPSA) is 39.1 Å². The van der Waals surface area contributed by atoms with Crippen LogP contribution in [0.1, 0.15) is 38.1 Å². The van der Waals surface area contributed by atoms with Crippen LogP contribution in [0.15, 0.2) is 36.8 Å². The molecule has 0 radical (unpaired) electrons. The van der Waals surface area contributed by atoms with Crippen LogP contribution in [-0.2, 0) is 13.6 Å². The van der Waals surface area contributed by atoms with E-state index in [1.54, 1.807) is 0 Å². The van der Waals surface area contributed by atoms with Crippen LogP contribution in [0, 0.1) is 0 Å². The highest BCUT2D eigenvalue weighted by molar-refractivity contribution is 5.29. The molecule has 2 aromatic rings. The van der Waals surface area contributed by atoms with Crippen LogP contribution in [0.3, 0.4) is 0 Å². The molecule has 0 bridgehead atoms. The Morgan fingerprint density at radius 1 is 1.20 bits per heavy atom. The van der Waals surface area contributed by atoms with Crippen LogP contribution in [0.5, 0.6) is 5.75 Å². The molecule has 1 atom stereocenters. The first-order chi connectivity index (χ1) is 9.56. The van der Waals surface area contributed by atoms with Gasteiger partial charge in [-0.15, -0.1) is 0 Å². The summed E-state index contributed by atoms with van der Waals surface area (Å²) in [5.41, 5.74) is 2.43. The highest BCUT2D eigenvalue weighted by Crippen LogP contribution is 2.18. The van der Waals surface area contributed by atoms with Gasteiger partial charge < -0.3 is 14.6 Å². The van der Waals surface area contributed by atoms with Crippen molar-refractivity contribution in [2.75, 3.05) is 0 Å². The van der Waals surface area contributed by atoms with Crippen LogP contribution < -0.4 is 10.1 Å². The van der Waals surface area contributed by atoms with Crippen molar-refractivity contribution in [3.05, 3.63) is 48.0 Å². The zero-order chi connectivity index (χ0) is 14.5. The molecule has 1 aromatic carbocycles. The van der Waals surface area contributed by atoms with Crippen molar-refractivity contribution in [1.82, 2.24) is 14.9 Å². The molecule has 1 heterocycles. The van der Waals surface area contributed by atoms with Crippen molar-refractivity contribution in [2.24, 2.45) is 7.05 Å². The lowest BCUT2D eigenvalue weighted by molar-refractivity contribution is 0.242. The van der Waals surface area contributed by atoms with Crippen LogP contribution in [0.2, 0.25) is 0 Å². The van der Waals surface area contributed by atoms with Gasteiger partial charge in [-0.1, -0.05) is 12.1 Å². The second-order valence-electron chi connectivity index (χ2n) is 5.33. The highest BCUT2D eigenvalue weighted by Gasteiger charge is 2.07. The van der Waals surface area contributed by atoms with E-state index in [1.165, 1.54) is 11.3 Å². The maximum atomic E-state index is 5.65. The van der Waals surface area contributed by atoms with Crippen molar-refractivity contribution in [3.8, 4) is 5.75 Å². The summed E-state index contributed by atoms with van der Waals surface area (Å²) < 4.78 is 7.68. The largest absolute Gasteiger partial charge is 0.491 e. The summed E-state index contributed by atoms with van der Waals surface area (Å²) in [7, 11) is 2.01. The maximum absolute atomic E-state index is 5.65. The van der Waals surface area contributed by atoms with Gasteiger partial charge in [-0.25, -0.2) is 4.98 Å². The van der Waals surface area contributed by atoms with E-state index in [9.17, 15) is 0 Å². The van der Waals surface area contributed by atoms with Crippen LogP contribution in [0.4, 0.5) is 0 Å². The smallest absolute Gasteiger partial charge is 0.119 e. The van der Waals surface area contributed by atoms with Gasteiger partial charge in [-0.2, -0.15) is 0 Å². The molecule has 0 spiro atoms. The van der Waals surface area contributed by atoms with Crippen molar-refractivity contribution < 1.29 is 4.74 Å². The van der Waals surface area contributed by atoms with Gasteiger partial charge in [-0.3, -0.25) is 0 Å². The van der Waals surface area contributed by atoms with E-state index in [4.69, 9.17) is 4.74 Å². The number of hydrogen-bond acceptors (Lipinski definition) is 3. The number of rotatable bonds is 6. The maximum Gasteiger partial charge on any atom is 0.119 e. The number of benzene rings is 1. The summed E-state index contributed by atoms with van der Waals surface area (Å²) in [5.74, 6) is 0.919. The van der Waals surface area contributed by atoms with Crippen LogP contribution in [-0.4, -0.2) is 15.7 Å². The normalized spacial score (nSPS) is 12.7. The second-order valence-corrected chi connectivity index (χ2v) is 5.33. The van der Waals surface area contributed by atoms with E-state index in [-0.39, 0.29) is 12.1 Å². The monoisotopic (exact) mass is 273 g/mol. The van der Waals surface area contributed by atoms with E-state index in [0.29, 0.717) is 0 Å². The highest BCUT2D eigenvalue weighted by atomic mass is 16.5. The molecule has 1 N–H and O–H groups in total. The molecule has 20 heavy (non-hydrogen) atoms. The van der Waals surface area contributed by atoms with E-state index >= 15 is 0 Å². The fourth-order valence-electron chi connectivity index (χ4n) is 2.04. The summed E-state index contributed by atoms with van der Waals surface area (Å²) in [6.07, 6.45) is 3.92. The van der Waals surface area contributed by atoms with E-state index in [1.807, 2.05) is 50.1 Å². The zero-order valence-electron chi connectivity index (χ0n) is 12.6. The van der Waals surface area contributed by atoms with E-state index in [2.05, 4.69) is 29.4 Å². The molecule has 108 valence electrons. The zero-order valence-corrected chi connectivity index (χ0v) is 12.6. The third kappa shape index (κ3) is 3.84. The lowest BCUT2D eigenvalue weighted by atomic mass is 10.1. The lowest BCUT2D eigenvalue weighted by Gasteiger charge is -2.16. The van der Waals surface area contributed by atoms with Crippen molar-refractivity contribution in [2.45, 2.75) is 39.5 Å². The Balaban J connectivity index is 1.92. The quantitative estimate of drug-likeness (QED) is 0.879. The van der Waals surface area contributed by atoms with Gasteiger partial charge >= 0.3 is 0 Å². The third-order valence-electron chi connectivity index (χ3n) is 3.26. The van der Waals surface area contributed by atoms with Crippen molar-refractivity contribution >= 4 is 0 Å². The van der Waals surface area contributed by atoms with E-state index in [0.717, 1.165) is 12.3 Å². The number of hydrogen-bond donors (Lipinski definition) is 1. The molecule has 0 saturated heterocycles. The molecule has 0 fully saturated rings. The van der Waals surface area contributed by atoms with Crippen molar-refractivity contribution in [3.63, 3.8) is 0 Å². The van der Waals surface area contributed by atoms with Crippen LogP contribution in [0.25, 0.3) is 0 Å². The standard InChI is InChI=1S/C16H23N3O/c1-12(2)20-16-7-5-14(6-8-16)13(3)18-10-15-9-17-11-19(15)4/h5-9,11-13,18H,10H2,1-4H3. The molecule has 0 saturated carbocycles. The molecule has 0 aliphatic carbocycles. The molecule has 2 rings (SSSR count). The number of imidazole rings is 1. The minimum absolute atomic E-state index is 0.209. The van der Waals surface area contributed by atoms with Crippen molar-refractivity contribution in [1.29, 1.82) is 0 Å². The molecule has 0 aliphatic heterocycles. The molecule has 4 nitrogen and oxygen atoms in total. The van der Waals surface area contributed by atoms with Gasteiger partial charge in [0.05, 0.1) is 18.1 Å². The Morgan fingerprint density at radius 2 is 1.90 bits per heavy atom. The lowest BCUT2D eigenvalue weighted by Crippen LogP contribution is -2.19. The molecular weight excluding hydrogens is 250 g/mol. The predicted octanol–water partition coefficient (Wildman–Crippen LogP) is 3.06. The minimum Gasteiger partial charge on any atom is -0.491 e. The number of aromatic nitrogens is 2. The summed E-state index contributed by atoms with van der Waals surface area (Å²) in [5, 5.41) is 3.50. The Bertz CT molecular complexity index is 531. The first-order valence-corrected chi connectivity index (χ1v) is 7.01. The molecular formula is C16H23N3O. The number of nitrogens with zero attached hydrogens (tertiary/aromatic N) is 2.